The Kier molecular flexibility index (Phi) is 19.0. The Morgan fingerprint density at radius 1 is 1.00 bits per heavy atom. The molecule has 0 rings (SSSR count). The molecule has 0 aromatic rings. The van der Waals surface area contributed by atoms with Crippen molar-refractivity contribution in [1.82, 2.24) is 0 Å². The summed E-state index contributed by atoms with van der Waals surface area (Å²) in [5.41, 5.74) is 0. The molecule has 0 aliphatic carbocycles. The van der Waals surface area contributed by atoms with Crippen LogP contribution in [0.15, 0.2) is 0 Å². The topological polar surface area (TPSA) is 135 Å². The number of carboxylic acids is 2. The van der Waals surface area contributed by atoms with Crippen LogP contribution < -0.4 is 0 Å². The Bertz CT molecular complexity index is 114. The van der Waals surface area contributed by atoms with Crippen LogP contribution in [0.25, 0.3) is 0 Å². The molecule has 12 heavy (non-hydrogen) atoms. The van der Waals surface area contributed by atoms with Crippen molar-refractivity contribution in [2.75, 3.05) is 0 Å². The molecular formula is C2H5BFLiO7. The fraction of sp³-hybridized carbons (Fsp3) is 0. The van der Waals surface area contributed by atoms with Crippen molar-refractivity contribution in [3.05, 3.63) is 0 Å². The molecule has 0 aromatic heterocycles. The summed E-state index contributed by atoms with van der Waals surface area (Å²) in [5.74, 6) is -3.65. The zero-order chi connectivity index (χ0) is 10.7. The van der Waals surface area contributed by atoms with E-state index >= 15 is 0 Å². The van der Waals surface area contributed by atoms with Crippen molar-refractivity contribution in [1.29, 1.82) is 0 Å². The fourth-order valence-electron chi connectivity index (χ4n) is 0. The van der Waals surface area contributed by atoms with Gasteiger partial charge in [0.2, 0.25) is 0 Å². The van der Waals surface area contributed by atoms with E-state index in [1.54, 1.807) is 0 Å². The summed E-state index contributed by atoms with van der Waals surface area (Å²) in [6.45, 7) is 0. The molecule has 0 unspecified atom stereocenters. The van der Waals surface area contributed by atoms with E-state index in [0.717, 1.165) is 0 Å². The predicted octanol–water partition coefficient (Wildman–Crippen LogP) is -2.86. The van der Waals surface area contributed by atoms with Crippen LogP contribution >= 0.6 is 0 Å². The van der Waals surface area contributed by atoms with Crippen LogP contribution in [0, 0.1) is 0 Å². The molecule has 5 N–H and O–H groups in total. The molecule has 66 valence electrons. The third kappa shape index (κ3) is 57.2. The van der Waals surface area contributed by atoms with Gasteiger partial charge in [0.15, 0.2) is 0 Å². The molecule has 0 atom stereocenters. The first kappa shape index (κ1) is 17.5. The van der Waals surface area contributed by atoms with Gasteiger partial charge in [-0.15, -0.1) is 0 Å². The second-order valence-corrected chi connectivity index (χ2v) is 0.957. The Labute approximate surface area is 76.4 Å². The molecule has 7 nitrogen and oxygen atoms in total. The van der Waals surface area contributed by atoms with Crippen molar-refractivity contribution in [2.24, 2.45) is 0 Å². The number of hydrogen-bond acceptors (Lipinski definition) is 5. The molecular weight excluding hydrogens is 173 g/mol. The van der Waals surface area contributed by atoms with Crippen LogP contribution in [0.3, 0.4) is 0 Å². The third-order valence-electron chi connectivity index (χ3n) is 0.183. The molecule has 0 aromatic carbocycles. The number of halogens is 1. The summed E-state index contributed by atoms with van der Waals surface area (Å²) in [6, 6.07) is 0. The Hall–Kier alpha value is -0.588. The second kappa shape index (κ2) is 13.0. The molecule has 0 radical (unpaired) electrons. The summed E-state index contributed by atoms with van der Waals surface area (Å²) < 4.78 is 9.50. The van der Waals surface area contributed by atoms with E-state index in [1.165, 1.54) is 0 Å². The molecule has 10 heteroatoms. The summed E-state index contributed by atoms with van der Waals surface area (Å²) >= 11 is 0.500. The van der Waals surface area contributed by atoms with E-state index in [2.05, 4.69) is 0 Å². The van der Waals surface area contributed by atoms with Crippen LogP contribution in [-0.2, 0) is 9.59 Å². The first-order chi connectivity index (χ1) is 5.37. The van der Waals surface area contributed by atoms with Crippen LogP contribution in [0.5, 0.6) is 0 Å². The molecule has 0 aliphatic heterocycles. The quantitative estimate of drug-likeness (QED) is 0.199. The number of carbonyl (C=O) groups is 2. The SMILES string of the molecule is O=C(O)C(=O)O.OB(O)O.[Li][F]. The van der Waals surface area contributed by atoms with Crippen molar-refractivity contribution in [3.8, 4) is 0 Å². The Morgan fingerprint density at radius 2 is 1.08 bits per heavy atom. The zero-order valence-electron chi connectivity index (χ0n) is 6.01. The van der Waals surface area contributed by atoms with Crippen LogP contribution in [0.1, 0.15) is 0 Å². The second-order valence-electron chi connectivity index (χ2n) is 0.957. The summed E-state index contributed by atoms with van der Waals surface area (Å²) in [7, 11) is -2.17. The maximum absolute atomic E-state index is 9.50. The molecule has 0 aliphatic rings. The first-order valence-electron chi connectivity index (χ1n) is 2.26. The van der Waals surface area contributed by atoms with Gasteiger partial charge < -0.3 is 25.3 Å². The molecule has 0 heterocycles. The van der Waals surface area contributed by atoms with Gasteiger partial charge in [-0.25, -0.2) is 9.59 Å². The zero-order valence-corrected chi connectivity index (χ0v) is 6.01. The van der Waals surface area contributed by atoms with Crippen molar-refractivity contribution in [2.45, 2.75) is 0 Å². The average molecular weight is 178 g/mol. The van der Waals surface area contributed by atoms with E-state index in [-0.39, 0.29) is 0 Å². The number of aliphatic carboxylic acids is 2. The van der Waals surface area contributed by atoms with E-state index in [9.17, 15) is 3.38 Å². The standard InChI is InChI=1S/C2H2O4.BH3O3.FH.Li/c3-1(4)2(5)6;2-1(3)4;;/h(H,3,4)(H,5,6);2-4H;1H;/q;;;+1/p-1. The van der Waals surface area contributed by atoms with Crippen LogP contribution in [0.2, 0.25) is 0 Å². The molecule has 0 saturated carbocycles. The Morgan fingerprint density at radius 3 is 1.08 bits per heavy atom. The van der Waals surface area contributed by atoms with Gasteiger partial charge in [0.25, 0.3) is 0 Å². The number of rotatable bonds is 0. The minimum atomic E-state index is -2.17. The summed E-state index contributed by atoms with van der Waals surface area (Å²) in [4.78, 5) is 18.2. The van der Waals surface area contributed by atoms with E-state index < -0.39 is 19.3 Å². The van der Waals surface area contributed by atoms with Gasteiger partial charge in [0, 0.05) is 0 Å². The maximum atomic E-state index is 9.50. The number of carboxylic acid groups (broad SMARTS) is 2. The first-order valence-corrected chi connectivity index (χ1v) is 2.26. The van der Waals surface area contributed by atoms with Crippen LogP contribution in [0.4, 0.5) is 3.38 Å². The van der Waals surface area contributed by atoms with Gasteiger partial charge in [0.1, 0.15) is 0 Å². The summed E-state index contributed by atoms with van der Waals surface area (Å²) in [6.07, 6.45) is 0. The minimum absolute atomic E-state index is 0.500. The Balaban J connectivity index is -0.000000118. The molecule has 0 fully saturated rings. The third-order valence-corrected chi connectivity index (χ3v) is 0.183. The monoisotopic (exact) mass is 178 g/mol. The van der Waals surface area contributed by atoms with Gasteiger partial charge in [0.05, 0.1) is 0 Å². The van der Waals surface area contributed by atoms with Crippen LogP contribution in [-0.4, -0.2) is 62.7 Å². The van der Waals surface area contributed by atoms with Gasteiger partial charge in [-0.1, -0.05) is 0 Å². The normalized spacial score (nSPS) is 6.50. The van der Waals surface area contributed by atoms with Crippen molar-refractivity contribution < 1.29 is 38.3 Å². The number of hydrogen-bond donors (Lipinski definition) is 5. The van der Waals surface area contributed by atoms with E-state index in [1.807, 2.05) is 0 Å². The molecule has 0 bridgehead atoms. The summed E-state index contributed by atoms with van der Waals surface area (Å²) in [5, 5.41) is 36.3. The average Bonchev–Trinajstić information content (AvgIpc) is 1.90. The van der Waals surface area contributed by atoms with Crippen molar-refractivity contribution in [3.63, 3.8) is 0 Å². The predicted molar refractivity (Wildman–Crippen MR) is 34.5 cm³/mol. The van der Waals surface area contributed by atoms with Crippen molar-refractivity contribution >= 4 is 37.5 Å². The molecule has 0 saturated heterocycles. The van der Waals surface area contributed by atoms with E-state index in [0.29, 0.717) is 18.2 Å². The van der Waals surface area contributed by atoms with Gasteiger partial charge in [-0.2, -0.15) is 0 Å². The molecule has 0 amide bonds. The fourth-order valence-corrected chi connectivity index (χ4v) is 0. The molecule has 0 spiro atoms. The van der Waals surface area contributed by atoms with Gasteiger partial charge in [-0.3, -0.25) is 0 Å². The van der Waals surface area contributed by atoms with Gasteiger partial charge >= 0.3 is 40.8 Å². The van der Waals surface area contributed by atoms with Gasteiger partial charge in [-0.05, 0) is 0 Å². The van der Waals surface area contributed by atoms with E-state index in [4.69, 9.17) is 34.9 Å².